The zero-order chi connectivity index (χ0) is 11.4. The molecule has 1 aliphatic rings. The number of hydrogen-bond donors (Lipinski definition) is 2. The Morgan fingerprint density at radius 3 is 3.31 bits per heavy atom. The fourth-order valence-electron chi connectivity index (χ4n) is 1.54. The summed E-state index contributed by atoms with van der Waals surface area (Å²) in [6.07, 6.45) is 0. The number of aryl methyl sites for hydroxylation is 1. The van der Waals surface area contributed by atoms with Crippen molar-refractivity contribution in [2.24, 2.45) is 0 Å². The molecule has 1 aliphatic heterocycles. The van der Waals surface area contributed by atoms with Crippen molar-refractivity contribution in [3.63, 3.8) is 0 Å². The second-order valence-electron chi connectivity index (χ2n) is 3.73. The summed E-state index contributed by atoms with van der Waals surface area (Å²) in [4.78, 5) is 11.7. The zero-order valence-corrected chi connectivity index (χ0v) is 9.97. The molecule has 2 heterocycles. The molecule has 0 spiro atoms. The summed E-state index contributed by atoms with van der Waals surface area (Å²) in [7, 11) is 0. The standard InChI is InChI=1S/C10H15N3O2S/c1-7-4-8(13-15-7)5-12-10(14)9-6-16-3-2-11-9/h4,9,11H,2-3,5-6H2,1H3,(H,12,14). The number of carbonyl (C=O) groups excluding carboxylic acids is 1. The SMILES string of the molecule is Cc1cc(CNC(=O)C2CSCCN2)no1. The van der Waals surface area contributed by atoms with Crippen LogP contribution in [0.5, 0.6) is 0 Å². The Morgan fingerprint density at radius 1 is 1.81 bits per heavy atom. The van der Waals surface area contributed by atoms with Crippen molar-refractivity contribution in [2.45, 2.75) is 19.5 Å². The van der Waals surface area contributed by atoms with Gasteiger partial charge in [-0.3, -0.25) is 4.79 Å². The Kier molecular flexibility index (Phi) is 3.84. The van der Waals surface area contributed by atoms with Crippen LogP contribution in [-0.2, 0) is 11.3 Å². The van der Waals surface area contributed by atoms with E-state index in [2.05, 4.69) is 15.8 Å². The number of amides is 1. The van der Waals surface area contributed by atoms with E-state index in [1.54, 1.807) is 11.8 Å². The number of nitrogens with zero attached hydrogens (tertiary/aromatic N) is 1. The van der Waals surface area contributed by atoms with E-state index in [-0.39, 0.29) is 11.9 Å². The van der Waals surface area contributed by atoms with E-state index < -0.39 is 0 Å². The molecule has 2 rings (SSSR count). The predicted octanol–water partition coefficient (Wildman–Crippen LogP) is 0.304. The molecular formula is C10H15N3O2S. The molecule has 1 saturated heterocycles. The summed E-state index contributed by atoms with van der Waals surface area (Å²) in [6.45, 7) is 3.16. The molecule has 5 nitrogen and oxygen atoms in total. The predicted molar refractivity (Wildman–Crippen MR) is 62.2 cm³/mol. The van der Waals surface area contributed by atoms with Gasteiger partial charge in [0.2, 0.25) is 5.91 Å². The molecule has 0 saturated carbocycles. The van der Waals surface area contributed by atoms with Gasteiger partial charge in [-0.05, 0) is 6.92 Å². The number of carbonyl (C=O) groups is 1. The van der Waals surface area contributed by atoms with Crippen LogP contribution in [0.1, 0.15) is 11.5 Å². The Morgan fingerprint density at radius 2 is 2.69 bits per heavy atom. The van der Waals surface area contributed by atoms with Crippen LogP contribution in [0.15, 0.2) is 10.6 Å². The van der Waals surface area contributed by atoms with Gasteiger partial charge < -0.3 is 15.2 Å². The molecule has 1 unspecified atom stereocenters. The van der Waals surface area contributed by atoms with Crippen LogP contribution < -0.4 is 10.6 Å². The second-order valence-corrected chi connectivity index (χ2v) is 4.88. The van der Waals surface area contributed by atoms with Crippen LogP contribution in [-0.4, -0.2) is 35.2 Å². The summed E-state index contributed by atoms with van der Waals surface area (Å²) in [6, 6.07) is 1.75. The van der Waals surface area contributed by atoms with E-state index in [4.69, 9.17) is 4.52 Å². The number of thioether (sulfide) groups is 1. The van der Waals surface area contributed by atoms with Crippen molar-refractivity contribution >= 4 is 17.7 Å². The molecule has 0 radical (unpaired) electrons. The highest BCUT2D eigenvalue weighted by atomic mass is 32.2. The summed E-state index contributed by atoms with van der Waals surface area (Å²) < 4.78 is 4.92. The molecule has 0 aliphatic carbocycles. The summed E-state index contributed by atoms with van der Waals surface area (Å²) in [5.41, 5.74) is 0.759. The van der Waals surface area contributed by atoms with E-state index in [0.29, 0.717) is 6.54 Å². The molecule has 0 bridgehead atoms. The molecule has 6 heteroatoms. The van der Waals surface area contributed by atoms with Crippen molar-refractivity contribution in [1.82, 2.24) is 15.8 Å². The average molecular weight is 241 g/mol. The second kappa shape index (κ2) is 5.36. The topological polar surface area (TPSA) is 67.2 Å². The first-order valence-electron chi connectivity index (χ1n) is 5.27. The molecule has 0 aromatic carbocycles. The number of hydrogen-bond acceptors (Lipinski definition) is 5. The minimum Gasteiger partial charge on any atom is -0.361 e. The Labute approximate surface area is 98.3 Å². The first kappa shape index (κ1) is 11.5. The molecule has 1 fully saturated rings. The molecule has 1 amide bonds. The maximum absolute atomic E-state index is 11.7. The number of rotatable bonds is 3. The zero-order valence-electron chi connectivity index (χ0n) is 9.16. The van der Waals surface area contributed by atoms with E-state index in [1.807, 2.05) is 13.0 Å². The van der Waals surface area contributed by atoms with Crippen molar-refractivity contribution in [3.8, 4) is 0 Å². The Bertz CT molecular complexity index is 361. The van der Waals surface area contributed by atoms with E-state index in [1.165, 1.54) is 0 Å². The third-order valence-electron chi connectivity index (χ3n) is 2.36. The monoisotopic (exact) mass is 241 g/mol. The lowest BCUT2D eigenvalue weighted by molar-refractivity contribution is -0.122. The third kappa shape index (κ3) is 2.99. The van der Waals surface area contributed by atoms with E-state index in [0.717, 1.165) is 29.5 Å². The first-order chi connectivity index (χ1) is 7.75. The highest BCUT2D eigenvalue weighted by Crippen LogP contribution is 2.08. The normalized spacial score (nSPS) is 20.7. The summed E-state index contributed by atoms with van der Waals surface area (Å²) in [5, 5.41) is 9.85. The fourth-order valence-corrected chi connectivity index (χ4v) is 2.47. The lowest BCUT2D eigenvalue weighted by atomic mass is 10.3. The maximum Gasteiger partial charge on any atom is 0.238 e. The minimum absolute atomic E-state index is 0.0350. The summed E-state index contributed by atoms with van der Waals surface area (Å²) >= 11 is 1.80. The molecule has 1 aromatic rings. The van der Waals surface area contributed by atoms with Gasteiger partial charge in [-0.25, -0.2) is 0 Å². The van der Waals surface area contributed by atoms with Crippen LogP contribution >= 0.6 is 11.8 Å². The van der Waals surface area contributed by atoms with Gasteiger partial charge in [0, 0.05) is 24.1 Å². The average Bonchev–Trinajstić information content (AvgIpc) is 2.73. The molecule has 1 atom stereocenters. The minimum atomic E-state index is -0.0771. The van der Waals surface area contributed by atoms with Crippen LogP contribution in [0.2, 0.25) is 0 Å². The molecular weight excluding hydrogens is 226 g/mol. The summed E-state index contributed by atoms with van der Waals surface area (Å²) in [5.74, 6) is 2.71. The highest BCUT2D eigenvalue weighted by Gasteiger charge is 2.20. The van der Waals surface area contributed by atoms with Crippen molar-refractivity contribution in [2.75, 3.05) is 18.1 Å². The fraction of sp³-hybridized carbons (Fsp3) is 0.600. The number of aromatic nitrogens is 1. The molecule has 16 heavy (non-hydrogen) atoms. The van der Waals surface area contributed by atoms with Gasteiger partial charge in [0.1, 0.15) is 11.5 Å². The van der Waals surface area contributed by atoms with Crippen LogP contribution in [0.25, 0.3) is 0 Å². The highest BCUT2D eigenvalue weighted by molar-refractivity contribution is 7.99. The quantitative estimate of drug-likeness (QED) is 0.797. The number of nitrogens with one attached hydrogen (secondary N) is 2. The molecule has 88 valence electrons. The Balaban J connectivity index is 1.78. The smallest absolute Gasteiger partial charge is 0.238 e. The van der Waals surface area contributed by atoms with Crippen molar-refractivity contribution < 1.29 is 9.32 Å². The van der Waals surface area contributed by atoms with Gasteiger partial charge in [-0.2, -0.15) is 11.8 Å². The van der Waals surface area contributed by atoms with Gasteiger partial charge in [-0.1, -0.05) is 5.16 Å². The van der Waals surface area contributed by atoms with Crippen LogP contribution in [0.4, 0.5) is 0 Å². The third-order valence-corrected chi connectivity index (χ3v) is 3.42. The van der Waals surface area contributed by atoms with Gasteiger partial charge >= 0.3 is 0 Å². The molecule has 2 N–H and O–H groups in total. The van der Waals surface area contributed by atoms with Gasteiger partial charge in [0.15, 0.2) is 0 Å². The lowest BCUT2D eigenvalue weighted by Gasteiger charge is -2.21. The Hall–Kier alpha value is -1.01. The van der Waals surface area contributed by atoms with E-state index >= 15 is 0 Å². The molecule has 1 aromatic heterocycles. The van der Waals surface area contributed by atoms with E-state index in [9.17, 15) is 4.79 Å². The largest absolute Gasteiger partial charge is 0.361 e. The maximum atomic E-state index is 11.7. The van der Waals surface area contributed by atoms with Crippen LogP contribution in [0.3, 0.4) is 0 Å². The van der Waals surface area contributed by atoms with Gasteiger partial charge in [0.05, 0.1) is 12.6 Å². The first-order valence-corrected chi connectivity index (χ1v) is 6.42. The van der Waals surface area contributed by atoms with Crippen LogP contribution in [0, 0.1) is 6.92 Å². The lowest BCUT2D eigenvalue weighted by Crippen LogP contribution is -2.48. The van der Waals surface area contributed by atoms with Gasteiger partial charge in [0.25, 0.3) is 0 Å². The van der Waals surface area contributed by atoms with Crippen molar-refractivity contribution in [1.29, 1.82) is 0 Å². The van der Waals surface area contributed by atoms with Crippen molar-refractivity contribution in [3.05, 3.63) is 17.5 Å². The van der Waals surface area contributed by atoms with Gasteiger partial charge in [-0.15, -0.1) is 0 Å².